The lowest BCUT2D eigenvalue weighted by Crippen LogP contribution is -2.46. The topological polar surface area (TPSA) is 61.8 Å². The molecule has 3 aromatic carbocycles. The molecule has 1 fully saturated rings. The van der Waals surface area contributed by atoms with E-state index in [0.717, 1.165) is 31.5 Å². The molecule has 2 atom stereocenters. The Morgan fingerprint density at radius 2 is 1.68 bits per heavy atom. The normalized spacial score (nSPS) is 21.4. The summed E-state index contributed by atoms with van der Waals surface area (Å²) in [5.41, 5.74) is -0.658. The fourth-order valence-electron chi connectivity index (χ4n) is 6.08. The second kappa shape index (κ2) is 10.6. The van der Waals surface area contributed by atoms with Crippen molar-refractivity contribution < 1.29 is 19.0 Å². The van der Waals surface area contributed by atoms with E-state index in [1.165, 1.54) is 18.1 Å². The Labute approximate surface area is 232 Å². The van der Waals surface area contributed by atoms with Gasteiger partial charge in [0, 0.05) is 29.3 Å². The second-order valence-corrected chi connectivity index (χ2v) is 10.9. The van der Waals surface area contributed by atoms with E-state index in [2.05, 4.69) is 5.32 Å². The number of piperidine rings is 1. The number of halogens is 3. The number of methoxy groups -OCH3 is 1. The first-order valence-corrected chi connectivity index (χ1v) is 13.7. The predicted octanol–water partition coefficient (Wildman–Crippen LogP) is 6.23. The van der Waals surface area contributed by atoms with Crippen molar-refractivity contribution in [3.8, 4) is 0 Å². The predicted molar refractivity (Wildman–Crippen MR) is 147 cm³/mol. The minimum absolute atomic E-state index is 0.0451. The van der Waals surface area contributed by atoms with Crippen molar-refractivity contribution in [1.82, 2.24) is 10.2 Å². The molecule has 2 aliphatic heterocycles. The quantitative estimate of drug-likeness (QED) is 0.362. The average Bonchev–Trinajstić information content (AvgIpc) is 3.18. The fraction of sp³-hybridized carbons (Fsp3) is 0.367. The minimum atomic E-state index is -1.53. The van der Waals surface area contributed by atoms with E-state index < -0.39 is 17.1 Å². The molecule has 0 radical (unpaired) electrons. The van der Waals surface area contributed by atoms with Gasteiger partial charge in [-0.1, -0.05) is 54.4 Å². The van der Waals surface area contributed by atoms with E-state index in [4.69, 9.17) is 27.9 Å². The summed E-state index contributed by atoms with van der Waals surface area (Å²) in [5.74, 6) is -1.02. The Morgan fingerprint density at radius 1 is 1.08 bits per heavy atom. The van der Waals surface area contributed by atoms with E-state index >= 15 is 4.39 Å². The maximum atomic E-state index is 16.3. The third-order valence-electron chi connectivity index (χ3n) is 8.12. The van der Waals surface area contributed by atoms with Gasteiger partial charge in [0.25, 0.3) is 5.91 Å². The number of carbonyl (C=O) groups excluding carboxylic acids is 1. The van der Waals surface area contributed by atoms with Crippen molar-refractivity contribution in [3.05, 3.63) is 104 Å². The van der Waals surface area contributed by atoms with Gasteiger partial charge in [-0.2, -0.15) is 0 Å². The molecule has 0 spiro atoms. The molecule has 1 saturated heterocycles. The van der Waals surface area contributed by atoms with E-state index in [9.17, 15) is 9.90 Å². The summed E-state index contributed by atoms with van der Waals surface area (Å²) in [6, 6.07) is 17.1. The molecule has 8 heteroatoms. The van der Waals surface area contributed by atoms with E-state index in [1.807, 2.05) is 19.1 Å². The van der Waals surface area contributed by atoms with Gasteiger partial charge < -0.3 is 15.2 Å². The van der Waals surface area contributed by atoms with Crippen LogP contribution < -0.4 is 5.32 Å². The van der Waals surface area contributed by atoms with Crippen LogP contribution in [0.1, 0.15) is 58.8 Å². The van der Waals surface area contributed by atoms with Crippen molar-refractivity contribution in [2.45, 2.75) is 44.1 Å². The third kappa shape index (κ3) is 4.42. The lowest BCUT2D eigenvalue weighted by Gasteiger charge is -2.39. The number of rotatable bonds is 7. The van der Waals surface area contributed by atoms with Gasteiger partial charge in [-0.15, -0.1) is 0 Å². The molecule has 0 aliphatic carbocycles. The number of nitrogens with zero attached hydrogens (tertiary/aromatic N) is 1. The van der Waals surface area contributed by atoms with Crippen molar-refractivity contribution in [1.29, 1.82) is 0 Å². The van der Waals surface area contributed by atoms with Crippen molar-refractivity contribution in [2.75, 3.05) is 20.2 Å². The maximum Gasteiger partial charge on any atom is 0.257 e. The zero-order valence-corrected chi connectivity index (χ0v) is 23.0. The van der Waals surface area contributed by atoms with Gasteiger partial charge in [0.1, 0.15) is 5.82 Å². The van der Waals surface area contributed by atoms with Gasteiger partial charge >= 0.3 is 0 Å². The van der Waals surface area contributed by atoms with Crippen LogP contribution in [0.25, 0.3) is 0 Å². The smallest absolute Gasteiger partial charge is 0.257 e. The number of fused-ring (bicyclic) bond motifs is 1. The number of carbonyl (C=O) groups is 1. The standard InChI is InChI=1S/C30H31Cl2FN2O3/c1-3-29(37,20-12-14-34-15-13-20)22-16-25-27(26(33)17-22)30(38-2,21-6-10-24(32)11-7-21)35(28(25)36)18-19-4-8-23(31)9-5-19/h4-11,16-17,20,34,37H,3,12-15,18H2,1-2H3/t29-,30?/m0/s1. The lowest BCUT2D eigenvalue weighted by atomic mass is 9.74. The van der Waals surface area contributed by atoms with Gasteiger partial charge in [0.2, 0.25) is 0 Å². The number of benzene rings is 3. The number of nitrogens with one attached hydrogen (secondary N) is 1. The summed E-state index contributed by atoms with van der Waals surface area (Å²) in [6.07, 6.45) is 1.95. The van der Waals surface area contributed by atoms with Crippen LogP contribution in [-0.2, 0) is 22.6 Å². The molecule has 0 bridgehead atoms. The Hall–Kier alpha value is -2.48. The SMILES string of the molecule is CC[C@@](O)(c1cc(F)c2c(c1)C(=O)N(Cc1ccc(Cl)cc1)C2(OC)c1ccc(Cl)cc1)C1CCNCC1. The van der Waals surface area contributed by atoms with Crippen LogP contribution in [0.15, 0.2) is 60.7 Å². The van der Waals surface area contributed by atoms with Gasteiger partial charge in [0.15, 0.2) is 5.72 Å². The Balaban J connectivity index is 1.69. The monoisotopic (exact) mass is 556 g/mol. The second-order valence-electron chi connectivity index (χ2n) is 10.1. The van der Waals surface area contributed by atoms with Gasteiger partial charge in [0.05, 0.1) is 16.7 Å². The number of hydrogen-bond acceptors (Lipinski definition) is 4. The molecule has 1 unspecified atom stereocenters. The van der Waals surface area contributed by atoms with Crippen LogP contribution in [0.2, 0.25) is 10.0 Å². The summed E-state index contributed by atoms with van der Waals surface area (Å²) in [4.78, 5) is 15.6. The summed E-state index contributed by atoms with van der Waals surface area (Å²) >= 11 is 12.3. The van der Waals surface area contributed by atoms with Crippen molar-refractivity contribution in [3.63, 3.8) is 0 Å². The molecule has 200 valence electrons. The number of aliphatic hydroxyl groups is 1. The van der Waals surface area contributed by atoms with E-state index in [-0.39, 0.29) is 29.5 Å². The molecule has 38 heavy (non-hydrogen) atoms. The van der Waals surface area contributed by atoms with Crippen LogP contribution in [-0.4, -0.2) is 36.1 Å². The molecule has 0 aromatic heterocycles. The molecule has 5 rings (SSSR count). The highest BCUT2D eigenvalue weighted by Crippen LogP contribution is 2.49. The zero-order valence-electron chi connectivity index (χ0n) is 21.4. The largest absolute Gasteiger partial charge is 0.385 e. The number of hydrogen-bond donors (Lipinski definition) is 2. The molecule has 5 nitrogen and oxygen atoms in total. The lowest BCUT2D eigenvalue weighted by molar-refractivity contribution is -0.0882. The molecule has 3 aromatic rings. The number of ether oxygens (including phenoxy) is 1. The average molecular weight is 557 g/mol. The summed E-state index contributed by atoms with van der Waals surface area (Å²) in [6.45, 7) is 3.63. The molecular formula is C30H31Cl2FN2O3. The summed E-state index contributed by atoms with van der Waals surface area (Å²) in [5, 5.41) is 16.2. The van der Waals surface area contributed by atoms with Crippen LogP contribution in [0.5, 0.6) is 0 Å². The number of amides is 1. The molecular weight excluding hydrogens is 526 g/mol. The minimum Gasteiger partial charge on any atom is -0.385 e. The van der Waals surface area contributed by atoms with Crippen molar-refractivity contribution >= 4 is 29.1 Å². The van der Waals surface area contributed by atoms with Crippen LogP contribution in [0.4, 0.5) is 4.39 Å². The van der Waals surface area contributed by atoms with Gasteiger partial charge in [-0.3, -0.25) is 9.69 Å². The van der Waals surface area contributed by atoms with Crippen LogP contribution in [0.3, 0.4) is 0 Å². The summed E-state index contributed by atoms with van der Waals surface area (Å²) < 4.78 is 22.4. The molecule has 2 heterocycles. The van der Waals surface area contributed by atoms with Crippen molar-refractivity contribution in [2.24, 2.45) is 5.92 Å². The first-order chi connectivity index (χ1) is 18.2. The highest BCUT2D eigenvalue weighted by atomic mass is 35.5. The van der Waals surface area contributed by atoms with Crippen LogP contribution in [0, 0.1) is 11.7 Å². The first kappa shape index (κ1) is 27.1. The van der Waals surface area contributed by atoms with Gasteiger partial charge in [-0.25, -0.2) is 4.39 Å². The zero-order chi connectivity index (χ0) is 27.1. The van der Waals surface area contributed by atoms with E-state index in [0.29, 0.717) is 27.6 Å². The molecule has 2 aliphatic rings. The van der Waals surface area contributed by atoms with E-state index in [1.54, 1.807) is 42.5 Å². The molecule has 2 N–H and O–H groups in total. The molecule has 0 saturated carbocycles. The fourth-order valence-corrected chi connectivity index (χ4v) is 6.33. The summed E-state index contributed by atoms with van der Waals surface area (Å²) in [7, 11) is 1.47. The van der Waals surface area contributed by atoms with Gasteiger partial charge in [-0.05, 0) is 85.8 Å². The Bertz CT molecular complexity index is 1330. The highest BCUT2D eigenvalue weighted by Gasteiger charge is 2.54. The molecule has 1 amide bonds. The Morgan fingerprint density at radius 3 is 2.26 bits per heavy atom. The first-order valence-electron chi connectivity index (χ1n) is 12.9. The highest BCUT2D eigenvalue weighted by molar-refractivity contribution is 6.30. The maximum absolute atomic E-state index is 16.3. The van der Waals surface area contributed by atoms with Crippen LogP contribution >= 0.6 is 23.2 Å². The third-order valence-corrected chi connectivity index (χ3v) is 8.63. The Kier molecular flexibility index (Phi) is 7.55.